The van der Waals surface area contributed by atoms with E-state index in [1.165, 1.54) is 116 Å². The second kappa shape index (κ2) is 16.2. The molecule has 0 aromatic rings. The van der Waals surface area contributed by atoms with E-state index in [-0.39, 0.29) is 12.4 Å². The lowest BCUT2D eigenvalue weighted by atomic mass is 9.63. The Morgan fingerprint density at radius 1 is 0.808 bits per heavy atom. The Morgan fingerprint density at radius 2 is 1.27 bits per heavy atom. The highest BCUT2D eigenvalue weighted by molar-refractivity contribution is 5.85. The highest BCUT2D eigenvalue weighted by atomic mass is 35.5. The molecule has 3 unspecified atom stereocenters. The molecule has 3 atom stereocenters. The summed E-state index contributed by atoms with van der Waals surface area (Å²) in [5.41, 5.74) is 7.02. The molecule has 1 rings (SSSR count). The molecule has 0 bridgehead atoms. The molecule has 2 heteroatoms. The summed E-state index contributed by atoms with van der Waals surface area (Å²) in [6.45, 7) is 7.19. The molecule has 0 aromatic carbocycles. The van der Waals surface area contributed by atoms with Crippen LogP contribution in [-0.4, -0.2) is 6.04 Å². The summed E-state index contributed by atoms with van der Waals surface area (Å²) in [6, 6.07) is 0.426. The van der Waals surface area contributed by atoms with Gasteiger partial charge in [0.15, 0.2) is 0 Å². The van der Waals surface area contributed by atoms with Crippen LogP contribution in [0.5, 0.6) is 0 Å². The van der Waals surface area contributed by atoms with Crippen molar-refractivity contribution in [3.05, 3.63) is 0 Å². The Kier molecular flexibility index (Phi) is 16.4. The monoisotopic (exact) mass is 387 g/mol. The Labute approximate surface area is 172 Å². The Bertz CT molecular complexity index is 307. The molecule has 1 saturated carbocycles. The van der Waals surface area contributed by atoms with Gasteiger partial charge in [0.1, 0.15) is 0 Å². The van der Waals surface area contributed by atoms with Gasteiger partial charge in [-0.25, -0.2) is 0 Å². The van der Waals surface area contributed by atoms with Gasteiger partial charge >= 0.3 is 0 Å². The predicted octanol–water partition coefficient (Wildman–Crippen LogP) is 8.43. The maximum atomic E-state index is 6.61. The van der Waals surface area contributed by atoms with Crippen molar-refractivity contribution in [2.75, 3.05) is 0 Å². The van der Waals surface area contributed by atoms with Gasteiger partial charge in [0, 0.05) is 6.04 Å². The minimum atomic E-state index is 0. The summed E-state index contributed by atoms with van der Waals surface area (Å²) in [5, 5.41) is 0. The number of nitrogens with two attached hydrogens (primary N) is 1. The molecule has 0 radical (unpaired) electrons. The van der Waals surface area contributed by atoms with E-state index in [9.17, 15) is 0 Å². The molecule has 1 nitrogen and oxygen atoms in total. The summed E-state index contributed by atoms with van der Waals surface area (Å²) in [7, 11) is 0. The summed E-state index contributed by atoms with van der Waals surface area (Å²) in [5.74, 6) is 0.818. The van der Waals surface area contributed by atoms with Crippen LogP contribution < -0.4 is 5.73 Å². The fourth-order valence-corrected chi connectivity index (χ4v) is 4.80. The van der Waals surface area contributed by atoms with E-state index < -0.39 is 0 Å². The van der Waals surface area contributed by atoms with Crippen molar-refractivity contribution in [1.29, 1.82) is 0 Å². The molecule has 1 aliphatic carbocycles. The normalized spacial score (nSPS) is 24.2. The predicted molar refractivity (Wildman–Crippen MR) is 121 cm³/mol. The van der Waals surface area contributed by atoms with E-state index >= 15 is 0 Å². The Balaban J connectivity index is 0.00000625. The van der Waals surface area contributed by atoms with Gasteiger partial charge in [0.2, 0.25) is 0 Å². The van der Waals surface area contributed by atoms with Gasteiger partial charge in [0.05, 0.1) is 0 Å². The van der Waals surface area contributed by atoms with Crippen molar-refractivity contribution in [1.82, 2.24) is 0 Å². The molecule has 158 valence electrons. The maximum absolute atomic E-state index is 6.61. The van der Waals surface area contributed by atoms with Crippen LogP contribution in [-0.2, 0) is 0 Å². The molecule has 1 fully saturated rings. The minimum Gasteiger partial charge on any atom is -0.327 e. The lowest BCUT2D eigenvalue weighted by Gasteiger charge is -2.44. The lowest BCUT2D eigenvalue weighted by Crippen LogP contribution is -2.45. The van der Waals surface area contributed by atoms with Crippen molar-refractivity contribution in [2.45, 2.75) is 142 Å². The quantitative estimate of drug-likeness (QED) is 0.280. The van der Waals surface area contributed by atoms with Crippen molar-refractivity contribution in [2.24, 2.45) is 17.1 Å². The molecular formula is C24H50ClN. The van der Waals surface area contributed by atoms with E-state index in [4.69, 9.17) is 5.73 Å². The largest absolute Gasteiger partial charge is 0.327 e. The molecule has 1 aliphatic rings. The van der Waals surface area contributed by atoms with Crippen LogP contribution in [0.4, 0.5) is 0 Å². The third kappa shape index (κ3) is 10.5. The van der Waals surface area contributed by atoms with Crippen LogP contribution in [0.1, 0.15) is 136 Å². The van der Waals surface area contributed by atoms with Gasteiger partial charge in [0.25, 0.3) is 0 Å². The minimum absolute atomic E-state index is 0. The number of hydrogen-bond donors (Lipinski definition) is 1. The summed E-state index contributed by atoms with van der Waals surface area (Å²) >= 11 is 0. The van der Waals surface area contributed by atoms with Crippen LogP contribution >= 0.6 is 12.4 Å². The molecule has 0 spiro atoms. The number of unbranched alkanes of at least 4 members (excludes halogenated alkanes) is 12. The first kappa shape index (κ1) is 26.2. The van der Waals surface area contributed by atoms with Gasteiger partial charge in [-0.2, -0.15) is 0 Å². The van der Waals surface area contributed by atoms with Crippen molar-refractivity contribution < 1.29 is 0 Å². The lowest BCUT2D eigenvalue weighted by molar-refractivity contribution is 0.0896. The molecule has 26 heavy (non-hydrogen) atoms. The zero-order valence-corrected chi connectivity index (χ0v) is 19.2. The van der Waals surface area contributed by atoms with Gasteiger partial charge in [-0.05, 0) is 24.2 Å². The third-order valence-electron chi connectivity index (χ3n) is 7.19. The number of hydrogen-bond acceptors (Lipinski definition) is 1. The first-order valence-electron chi connectivity index (χ1n) is 11.9. The smallest absolute Gasteiger partial charge is 0.00954 e. The Hall–Kier alpha value is 0.250. The van der Waals surface area contributed by atoms with Crippen molar-refractivity contribution >= 4 is 12.4 Å². The zero-order valence-electron chi connectivity index (χ0n) is 18.4. The van der Waals surface area contributed by atoms with E-state index in [1.54, 1.807) is 0 Å². The van der Waals surface area contributed by atoms with E-state index in [0.29, 0.717) is 11.5 Å². The first-order valence-corrected chi connectivity index (χ1v) is 11.9. The second-order valence-electron chi connectivity index (χ2n) is 9.29. The van der Waals surface area contributed by atoms with Crippen LogP contribution in [0.2, 0.25) is 0 Å². The average molecular weight is 388 g/mol. The molecule has 0 amide bonds. The summed E-state index contributed by atoms with van der Waals surface area (Å²) in [4.78, 5) is 0. The highest BCUT2D eigenvalue weighted by Crippen LogP contribution is 2.43. The van der Waals surface area contributed by atoms with Crippen molar-refractivity contribution in [3.8, 4) is 0 Å². The number of rotatable bonds is 15. The first-order chi connectivity index (χ1) is 12.1. The van der Waals surface area contributed by atoms with Gasteiger partial charge in [-0.15, -0.1) is 12.4 Å². The van der Waals surface area contributed by atoms with Crippen LogP contribution in [0.15, 0.2) is 0 Å². The average Bonchev–Trinajstić information content (AvgIpc) is 2.61. The van der Waals surface area contributed by atoms with E-state index in [2.05, 4.69) is 20.8 Å². The van der Waals surface area contributed by atoms with Crippen molar-refractivity contribution in [3.63, 3.8) is 0 Å². The fraction of sp³-hybridized carbons (Fsp3) is 1.00. The van der Waals surface area contributed by atoms with Gasteiger partial charge < -0.3 is 5.73 Å². The highest BCUT2D eigenvalue weighted by Gasteiger charge is 2.38. The second-order valence-corrected chi connectivity index (χ2v) is 9.29. The maximum Gasteiger partial charge on any atom is 0.00954 e. The van der Waals surface area contributed by atoms with Crippen LogP contribution in [0.25, 0.3) is 0 Å². The van der Waals surface area contributed by atoms with E-state index in [0.717, 1.165) is 5.92 Å². The third-order valence-corrected chi connectivity index (χ3v) is 7.19. The molecule has 0 aromatic heterocycles. The van der Waals surface area contributed by atoms with Gasteiger partial charge in [-0.3, -0.25) is 0 Å². The molecule has 0 saturated heterocycles. The van der Waals surface area contributed by atoms with E-state index in [1.807, 2.05) is 0 Å². The topological polar surface area (TPSA) is 26.0 Å². The summed E-state index contributed by atoms with van der Waals surface area (Å²) < 4.78 is 0. The zero-order chi connectivity index (χ0) is 18.4. The van der Waals surface area contributed by atoms with Crippen LogP contribution in [0, 0.1) is 11.3 Å². The van der Waals surface area contributed by atoms with Gasteiger partial charge in [-0.1, -0.05) is 124 Å². The molecule has 2 N–H and O–H groups in total. The molecule has 0 heterocycles. The fourth-order valence-electron chi connectivity index (χ4n) is 4.80. The Morgan fingerprint density at radius 3 is 1.73 bits per heavy atom. The molecular weight excluding hydrogens is 338 g/mol. The SMILES string of the molecule is CCCCCCCCCCCCCCCC(N)C1(C)CCCCC1C.Cl. The standard InChI is InChI=1S/C24H49N.ClH/c1-4-5-6-7-8-9-10-11-12-13-14-15-16-20-23(25)24(3)21-18-17-19-22(24)2;/h22-23H,4-21,25H2,1-3H3;1H. The number of halogens is 1. The molecule has 0 aliphatic heterocycles. The summed E-state index contributed by atoms with van der Waals surface area (Å²) in [6.07, 6.45) is 25.5. The van der Waals surface area contributed by atoms with Crippen LogP contribution in [0.3, 0.4) is 0 Å².